The fraction of sp³-hybridized carbons (Fsp3) is 0.300. The number of hydrogen-bond donors (Lipinski definition) is 0. The van der Waals surface area contributed by atoms with Crippen molar-refractivity contribution in [3.05, 3.63) is 137 Å². The maximum Gasteiger partial charge on any atom is 1.00 e. The molecular weight excluding hydrogens is 736 g/mol. The van der Waals surface area contributed by atoms with Crippen LogP contribution >= 0.6 is 7.60 Å². The van der Waals surface area contributed by atoms with Crippen LogP contribution in [-0.4, -0.2) is 42.1 Å². The van der Waals surface area contributed by atoms with Crippen molar-refractivity contribution in [3.63, 3.8) is 0 Å². The number of fused-ring (bicyclic) bond motifs is 2. The standard InChI is InChI=1S/C40H45N2O6PS.3Na/c1-7-41-34-20-18-31(49(43,44)45)26-33(34)40(5,6)36(41)21-16-29-14-15-30(38(29)28-11-9-8-10-12-28)17-22-37-39(3,4)32-25-27(2)13-19-35(32)42(37)23-24-50(46,47)48;;;/h8-13,16-22,25-26H,1,7,14-15,23-24H2,2-6H3,(H2,43,44,45)(H,46,47,48);;;/q;3*+1/p-3. The quantitative estimate of drug-likeness (QED) is 0.0734. The molecule has 0 unspecified atom stereocenters. The molecule has 0 aromatic heterocycles. The summed E-state index contributed by atoms with van der Waals surface area (Å²) in [4.78, 5) is 25.8. The van der Waals surface area contributed by atoms with Gasteiger partial charge in [0, 0.05) is 34.5 Å². The molecule has 0 saturated carbocycles. The maximum atomic E-state index is 11.9. The Morgan fingerprint density at radius 3 is 2.19 bits per heavy atom. The van der Waals surface area contributed by atoms with Gasteiger partial charge in [-0.2, -0.15) is 4.58 Å². The van der Waals surface area contributed by atoms with Crippen molar-refractivity contribution in [3.8, 4) is 0 Å². The molecular formula is C40H42N2Na3O6PS. The van der Waals surface area contributed by atoms with Crippen molar-refractivity contribution in [1.82, 2.24) is 0 Å². The molecule has 262 valence electrons. The molecule has 0 N–H and O–H groups in total. The van der Waals surface area contributed by atoms with Gasteiger partial charge in [0.05, 0.1) is 11.2 Å². The van der Waals surface area contributed by atoms with Crippen LogP contribution in [0.15, 0.2) is 108 Å². The van der Waals surface area contributed by atoms with E-state index in [2.05, 4.69) is 68.2 Å². The van der Waals surface area contributed by atoms with Crippen molar-refractivity contribution >= 4 is 45.7 Å². The van der Waals surface area contributed by atoms with Crippen LogP contribution in [0.2, 0.25) is 0 Å². The van der Waals surface area contributed by atoms with E-state index in [0.717, 1.165) is 74.6 Å². The van der Waals surface area contributed by atoms with E-state index < -0.39 is 34.3 Å². The molecule has 8 nitrogen and oxygen atoms in total. The second-order valence-corrected chi connectivity index (χ2v) is 17.3. The number of hydrogen-bond acceptors (Lipinski definition) is 7. The van der Waals surface area contributed by atoms with Crippen molar-refractivity contribution in [2.24, 2.45) is 0 Å². The Morgan fingerprint density at radius 2 is 1.57 bits per heavy atom. The Kier molecular flexibility index (Phi) is 15.6. The van der Waals surface area contributed by atoms with Crippen molar-refractivity contribution in [1.29, 1.82) is 0 Å². The summed E-state index contributed by atoms with van der Waals surface area (Å²) < 4.78 is 49.0. The molecule has 0 radical (unpaired) electrons. The van der Waals surface area contributed by atoms with Gasteiger partial charge in [-0.3, -0.25) is 0 Å². The molecule has 0 atom stereocenters. The molecule has 53 heavy (non-hydrogen) atoms. The van der Waals surface area contributed by atoms with Crippen molar-refractivity contribution in [2.45, 2.75) is 58.3 Å². The third-order valence-electron chi connectivity index (χ3n) is 10.3. The van der Waals surface area contributed by atoms with E-state index in [4.69, 9.17) is 0 Å². The second-order valence-electron chi connectivity index (χ2n) is 14.3. The Labute approximate surface area is 381 Å². The average Bonchev–Trinajstić information content (AvgIpc) is 3.62. The molecule has 1 aliphatic carbocycles. The summed E-state index contributed by atoms with van der Waals surface area (Å²) in [5.41, 5.74) is 10.1. The van der Waals surface area contributed by atoms with Crippen LogP contribution < -0.4 is 109 Å². The minimum Gasteiger partial charge on any atom is -0.807 e. The van der Waals surface area contributed by atoms with E-state index in [1.807, 2.05) is 55.7 Å². The number of benzene rings is 3. The van der Waals surface area contributed by atoms with Crippen LogP contribution in [0.1, 0.15) is 62.8 Å². The van der Waals surface area contributed by atoms with Gasteiger partial charge in [-0.25, -0.2) is 8.42 Å². The van der Waals surface area contributed by atoms with Crippen LogP contribution in [0, 0.1) is 13.8 Å². The normalized spacial score (nSPS) is 19.0. The van der Waals surface area contributed by atoms with E-state index in [-0.39, 0.29) is 101 Å². The Hall–Kier alpha value is -0.850. The topological polar surface area (TPSA) is 127 Å². The predicted molar refractivity (Wildman–Crippen MR) is 196 cm³/mol. The van der Waals surface area contributed by atoms with Gasteiger partial charge in [-0.1, -0.05) is 74.0 Å². The fourth-order valence-electron chi connectivity index (χ4n) is 7.70. The molecule has 0 spiro atoms. The zero-order chi connectivity index (χ0) is 36.2. The molecule has 0 fully saturated rings. The summed E-state index contributed by atoms with van der Waals surface area (Å²) in [6, 6.07) is 20.9. The van der Waals surface area contributed by atoms with E-state index in [1.165, 1.54) is 12.1 Å². The van der Waals surface area contributed by atoms with Crippen molar-refractivity contribution in [2.75, 3.05) is 23.7 Å². The Balaban J connectivity index is 0.00000252. The predicted octanol–water partition coefficient (Wildman–Crippen LogP) is -3.29. The maximum absolute atomic E-state index is 11.9. The summed E-state index contributed by atoms with van der Waals surface area (Å²) in [7, 11) is -9.34. The number of rotatable bonds is 9. The summed E-state index contributed by atoms with van der Waals surface area (Å²) >= 11 is 0. The molecule has 3 aromatic rings. The van der Waals surface area contributed by atoms with Gasteiger partial charge < -0.3 is 30.7 Å². The molecule has 3 aliphatic rings. The molecule has 2 aliphatic heterocycles. The van der Waals surface area contributed by atoms with Crippen LogP contribution in [0.5, 0.6) is 0 Å². The summed E-state index contributed by atoms with van der Waals surface area (Å²) in [6.45, 7) is 15.0. The minimum atomic E-state index is -4.92. The molecule has 3 aromatic carbocycles. The molecule has 2 heterocycles. The zero-order valence-electron chi connectivity index (χ0n) is 32.1. The molecule has 6 rings (SSSR count). The van der Waals surface area contributed by atoms with Crippen molar-refractivity contribution < 1.29 is 121 Å². The third-order valence-corrected chi connectivity index (χ3v) is 11.9. The van der Waals surface area contributed by atoms with Gasteiger partial charge >= 0.3 is 88.7 Å². The van der Waals surface area contributed by atoms with Gasteiger partial charge in [0.25, 0.3) is 0 Å². The van der Waals surface area contributed by atoms with E-state index in [9.17, 15) is 27.3 Å². The van der Waals surface area contributed by atoms with E-state index >= 15 is 0 Å². The number of allylic oxidation sites excluding steroid dienone is 8. The van der Waals surface area contributed by atoms with Gasteiger partial charge in [-0.05, 0) is 98.6 Å². The fourth-order valence-corrected chi connectivity index (χ4v) is 8.65. The smallest absolute Gasteiger partial charge is 0.807 e. The van der Waals surface area contributed by atoms with Gasteiger partial charge in [0.15, 0.2) is 12.3 Å². The SMILES string of the molecule is [CH2-]CN1/C(=C/C=C2\CCC(/C=C/C3=[N+](CCS(=O)(=O)[O-])c4ccc(C)cc4C3(C)C)=C2c2ccccc2)C(C)(C)c2cc(P(=O)([O-])[O-])ccc21.[Na+].[Na+].[Na+]. The Morgan fingerprint density at radius 1 is 0.887 bits per heavy atom. The first-order chi connectivity index (χ1) is 23.4. The second kappa shape index (κ2) is 17.7. The summed E-state index contributed by atoms with van der Waals surface area (Å²) in [6.07, 6.45) is 10.0. The zero-order valence-corrected chi connectivity index (χ0v) is 39.8. The number of anilines is 1. The molecule has 0 amide bonds. The van der Waals surface area contributed by atoms with Gasteiger partial charge in [-0.15, -0.1) is 6.54 Å². The monoisotopic (exact) mass is 778 g/mol. The van der Waals surface area contributed by atoms with Crippen LogP contribution in [0.4, 0.5) is 11.4 Å². The largest absolute Gasteiger partial charge is 1.00 e. The average molecular weight is 779 g/mol. The van der Waals surface area contributed by atoms with Crippen LogP contribution in [0.25, 0.3) is 5.57 Å². The van der Waals surface area contributed by atoms with E-state index in [1.54, 1.807) is 6.07 Å². The summed E-state index contributed by atoms with van der Waals surface area (Å²) in [5.74, 6) is -0.494. The summed E-state index contributed by atoms with van der Waals surface area (Å²) in [5, 5.41) is -0.218. The molecule has 0 bridgehead atoms. The first kappa shape index (κ1) is 46.5. The molecule has 0 saturated heterocycles. The van der Waals surface area contributed by atoms with Crippen LogP contribution in [0.3, 0.4) is 0 Å². The number of aryl methyl sites for hydroxylation is 1. The van der Waals surface area contributed by atoms with Gasteiger partial charge in [0.1, 0.15) is 10.1 Å². The first-order valence-corrected chi connectivity index (χ1v) is 19.9. The third kappa shape index (κ3) is 9.48. The Bertz CT molecular complexity index is 2200. The van der Waals surface area contributed by atoms with E-state index in [0.29, 0.717) is 6.54 Å². The number of nitrogens with zero attached hydrogens (tertiary/aromatic N) is 2. The van der Waals surface area contributed by atoms with Crippen LogP contribution in [-0.2, 0) is 25.5 Å². The molecule has 13 heteroatoms. The minimum absolute atomic E-state index is 0. The van der Waals surface area contributed by atoms with Gasteiger partial charge in [0.2, 0.25) is 5.69 Å². The first-order valence-electron chi connectivity index (χ1n) is 16.8.